The van der Waals surface area contributed by atoms with Gasteiger partial charge in [-0.1, -0.05) is 49.4 Å². The molecule has 2 amide bonds. The van der Waals surface area contributed by atoms with E-state index < -0.39 is 0 Å². The van der Waals surface area contributed by atoms with Crippen molar-refractivity contribution in [1.29, 1.82) is 0 Å². The molecule has 0 aromatic heterocycles. The summed E-state index contributed by atoms with van der Waals surface area (Å²) in [6.45, 7) is 2.06. The Balaban J connectivity index is 1.49. The minimum Gasteiger partial charge on any atom is -0.272 e. The second-order valence-corrected chi connectivity index (χ2v) is 6.90. The molecule has 0 fully saturated rings. The fourth-order valence-electron chi connectivity index (χ4n) is 2.53. The van der Waals surface area contributed by atoms with Crippen molar-refractivity contribution in [2.24, 2.45) is 0 Å². The first-order valence-electron chi connectivity index (χ1n) is 8.45. The lowest BCUT2D eigenvalue weighted by Gasteiger charge is -2.08. The van der Waals surface area contributed by atoms with E-state index in [1.54, 1.807) is 12.1 Å². The van der Waals surface area contributed by atoms with Crippen LogP contribution in [-0.4, -0.2) is 17.6 Å². The van der Waals surface area contributed by atoms with Gasteiger partial charge in [-0.05, 0) is 47.0 Å². The van der Waals surface area contributed by atoms with Crippen LogP contribution in [0.4, 0.5) is 0 Å². The maximum atomic E-state index is 12.0. The van der Waals surface area contributed by atoms with Gasteiger partial charge in [0, 0.05) is 10.5 Å². The number of benzene rings is 3. The van der Waals surface area contributed by atoms with Gasteiger partial charge in [0.15, 0.2) is 0 Å². The number of amides is 2. The average Bonchev–Trinajstić information content (AvgIpc) is 2.70. The first kappa shape index (κ1) is 18.0. The van der Waals surface area contributed by atoms with Gasteiger partial charge in [-0.15, -0.1) is 11.8 Å². The Bertz CT molecular complexity index is 923. The molecule has 0 radical (unpaired) electrons. The van der Waals surface area contributed by atoms with Crippen molar-refractivity contribution in [2.45, 2.75) is 18.2 Å². The molecule has 3 aromatic carbocycles. The van der Waals surface area contributed by atoms with Crippen molar-refractivity contribution in [1.82, 2.24) is 10.9 Å². The first-order chi connectivity index (χ1) is 12.7. The smallest absolute Gasteiger partial charge is 0.269 e. The number of carbonyl (C=O) groups excluding carboxylic acids is 2. The van der Waals surface area contributed by atoms with Gasteiger partial charge in [-0.3, -0.25) is 20.4 Å². The number of hydrazine groups is 1. The Morgan fingerprint density at radius 2 is 1.62 bits per heavy atom. The van der Waals surface area contributed by atoms with Crippen LogP contribution in [0.25, 0.3) is 10.8 Å². The highest BCUT2D eigenvalue weighted by Crippen LogP contribution is 2.23. The quantitative estimate of drug-likeness (QED) is 0.532. The minimum absolute atomic E-state index is 0.230. The lowest BCUT2D eigenvalue weighted by atomic mass is 10.1. The van der Waals surface area contributed by atoms with E-state index in [0.29, 0.717) is 5.56 Å². The first-order valence-corrected chi connectivity index (χ1v) is 9.44. The molecule has 0 spiro atoms. The van der Waals surface area contributed by atoms with E-state index in [9.17, 15) is 9.59 Å². The molecule has 0 atom stereocenters. The second-order valence-electron chi connectivity index (χ2n) is 5.85. The second kappa shape index (κ2) is 8.54. The predicted molar refractivity (Wildman–Crippen MR) is 106 cm³/mol. The van der Waals surface area contributed by atoms with Gasteiger partial charge >= 0.3 is 0 Å². The molecule has 3 rings (SSSR count). The molecule has 5 heteroatoms. The third-order valence-corrected chi connectivity index (χ3v) is 5.02. The Morgan fingerprint density at radius 1 is 0.885 bits per heavy atom. The Morgan fingerprint density at radius 3 is 2.35 bits per heavy atom. The number of rotatable bonds is 5. The monoisotopic (exact) mass is 364 g/mol. The highest BCUT2D eigenvalue weighted by Gasteiger charge is 2.08. The maximum absolute atomic E-state index is 12.0. The van der Waals surface area contributed by atoms with Crippen molar-refractivity contribution in [3.05, 3.63) is 77.9 Å². The summed E-state index contributed by atoms with van der Waals surface area (Å²) in [7, 11) is 0. The third-order valence-electron chi connectivity index (χ3n) is 4.03. The zero-order valence-corrected chi connectivity index (χ0v) is 15.3. The van der Waals surface area contributed by atoms with E-state index in [4.69, 9.17) is 0 Å². The average molecular weight is 364 g/mol. The molecular weight excluding hydrogens is 344 g/mol. The summed E-state index contributed by atoms with van der Waals surface area (Å²) >= 11 is 1.43. The molecule has 0 aliphatic rings. The Hall–Kier alpha value is -2.79. The van der Waals surface area contributed by atoms with Crippen LogP contribution in [0.2, 0.25) is 0 Å². The van der Waals surface area contributed by atoms with Gasteiger partial charge in [0.25, 0.3) is 5.91 Å². The molecule has 0 aliphatic heterocycles. The SMILES string of the molecule is CCc1ccc(C(=O)NNC(=O)CSc2ccc3ccccc3c2)cc1. The Labute approximate surface area is 157 Å². The van der Waals surface area contributed by atoms with E-state index >= 15 is 0 Å². The number of nitrogens with one attached hydrogen (secondary N) is 2. The van der Waals surface area contributed by atoms with Crippen LogP contribution in [0.5, 0.6) is 0 Å². The maximum Gasteiger partial charge on any atom is 0.269 e. The third kappa shape index (κ3) is 4.64. The van der Waals surface area contributed by atoms with Crippen LogP contribution in [-0.2, 0) is 11.2 Å². The fourth-order valence-corrected chi connectivity index (χ4v) is 3.28. The summed E-state index contributed by atoms with van der Waals surface area (Å²) in [6, 6.07) is 21.5. The molecule has 0 bridgehead atoms. The van der Waals surface area contributed by atoms with E-state index in [-0.39, 0.29) is 17.6 Å². The van der Waals surface area contributed by atoms with Crippen LogP contribution in [0.1, 0.15) is 22.8 Å². The molecule has 0 unspecified atom stereocenters. The normalized spacial score (nSPS) is 10.5. The summed E-state index contributed by atoms with van der Waals surface area (Å²) in [4.78, 5) is 25.0. The van der Waals surface area contributed by atoms with Crippen molar-refractivity contribution in [2.75, 3.05) is 5.75 Å². The van der Waals surface area contributed by atoms with Gasteiger partial charge in [0.1, 0.15) is 0 Å². The summed E-state index contributed by atoms with van der Waals surface area (Å²) in [5.74, 6) is -0.341. The summed E-state index contributed by atoms with van der Waals surface area (Å²) < 4.78 is 0. The fraction of sp³-hybridized carbons (Fsp3) is 0.143. The Kier molecular flexibility index (Phi) is 5.92. The molecule has 0 heterocycles. The molecule has 0 saturated heterocycles. The summed E-state index contributed by atoms with van der Waals surface area (Å²) in [5, 5.41) is 2.31. The van der Waals surface area contributed by atoms with Gasteiger partial charge in [-0.2, -0.15) is 0 Å². The van der Waals surface area contributed by atoms with Gasteiger partial charge in [-0.25, -0.2) is 0 Å². The number of thioether (sulfide) groups is 1. The number of fused-ring (bicyclic) bond motifs is 1. The van der Waals surface area contributed by atoms with Gasteiger partial charge in [0.05, 0.1) is 5.75 Å². The number of carbonyl (C=O) groups is 2. The predicted octanol–water partition coefficient (Wildman–Crippen LogP) is 3.96. The van der Waals surface area contributed by atoms with Gasteiger partial charge < -0.3 is 0 Å². The van der Waals surface area contributed by atoms with Crippen molar-refractivity contribution in [3.8, 4) is 0 Å². The highest BCUT2D eigenvalue weighted by atomic mass is 32.2. The van der Waals surface area contributed by atoms with E-state index in [0.717, 1.165) is 22.3 Å². The lowest BCUT2D eigenvalue weighted by molar-refractivity contribution is -0.119. The summed E-state index contributed by atoms with van der Waals surface area (Å²) in [5.41, 5.74) is 6.59. The van der Waals surface area contributed by atoms with E-state index in [1.165, 1.54) is 17.1 Å². The van der Waals surface area contributed by atoms with Gasteiger partial charge in [0.2, 0.25) is 5.91 Å². The topological polar surface area (TPSA) is 58.2 Å². The van der Waals surface area contributed by atoms with Crippen molar-refractivity contribution < 1.29 is 9.59 Å². The molecule has 4 nitrogen and oxygen atoms in total. The molecular formula is C21H20N2O2S. The zero-order chi connectivity index (χ0) is 18.4. The highest BCUT2D eigenvalue weighted by molar-refractivity contribution is 8.00. The number of hydrogen-bond donors (Lipinski definition) is 2. The van der Waals surface area contributed by atoms with Crippen LogP contribution < -0.4 is 10.9 Å². The van der Waals surface area contributed by atoms with Crippen LogP contribution in [0.3, 0.4) is 0 Å². The summed E-state index contributed by atoms with van der Waals surface area (Å²) in [6.07, 6.45) is 0.921. The lowest BCUT2D eigenvalue weighted by Crippen LogP contribution is -2.42. The minimum atomic E-state index is -0.322. The molecule has 0 saturated carbocycles. The number of aryl methyl sites for hydroxylation is 1. The molecule has 26 heavy (non-hydrogen) atoms. The molecule has 132 valence electrons. The largest absolute Gasteiger partial charge is 0.272 e. The van der Waals surface area contributed by atoms with E-state index in [1.807, 2.05) is 42.5 Å². The van der Waals surface area contributed by atoms with Crippen LogP contribution >= 0.6 is 11.8 Å². The van der Waals surface area contributed by atoms with Crippen molar-refractivity contribution in [3.63, 3.8) is 0 Å². The molecule has 2 N–H and O–H groups in total. The van der Waals surface area contributed by atoms with Crippen LogP contribution in [0, 0.1) is 0 Å². The molecule has 3 aromatic rings. The molecule has 0 aliphatic carbocycles. The standard InChI is InChI=1S/C21H20N2O2S/c1-2-15-7-9-17(10-8-15)21(25)23-22-20(24)14-26-19-12-11-16-5-3-4-6-18(16)13-19/h3-13H,2,14H2,1H3,(H,22,24)(H,23,25). The van der Waals surface area contributed by atoms with E-state index in [2.05, 4.69) is 29.9 Å². The number of hydrogen-bond acceptors (Lipinski definition) is 3. The van der Waals surface area contributed by atoms with Crippen LogP contribution in [0.15, 0.2) is 71.6 Å². The van der Waals surface area contributed by atoms with Crippen molar-refractivity contribution >= 4 is 34.3 Å². The zero-order valence-electron chi connectivity index (χ0n) is 14.5.